The summed E-state index contributed by atoms with van der Waals surface area (Å²) in [4.78, 5) is 4.04. The molecule has 0 unspecified atom stereocenters. The molecular formula is C7H13NS. The first-order valence-corrected chi connectivity index (χ1v) is 4.25. The Balaban J connectivity index is 3.70. The van der Waals surface area contributed by atoms with Gasteiger partial charge in [0.05, 0.1) is 5.04 Å². The van der Waals surface area contributed by atoms with E-state index in [0.29, 0.717) is 0 Å². The molecular weight excluding hydrogens is 130 g/mol. The van der Waals surface area contributed by atoms with E-state index in [1.54, 1.807) is 11.8 Å². The van der Waals surface area contributed by atoms with Crippen LogP contribution < -0.4 is 0 Å². The van der Waals surface area contributed by atoms with Crippen molar-refractivity contribution in [2.24, 2.45) is 4.99 Å². The molecule has 1 nitrogen and oxygen atoms in total. The second kappa shape index (κ2) is 5.89. The fourth-order valence-electron chi connectivity index (χ4n) is 0.453. The molecule has 0 saturated carbocycles. The van der Waals surface area contributed by atoms with E-state index in [1.807, 2.05) is 19.4 Å². The Hall–Kier alpha value is -0.240. The van der Waals surface area contributed by atoms with Crippen LogP contribution in [0.3, 0.4) is 0 Å². The Bertz CT molecular complexity index is 116. The minimum atomic E-state index is 1.08. The van der Waals surface area contributed by atoms with E-state index in [-0.39, 0.29) is 0 Å². The van der Waals surface area contributed by atoms with Crippen LogP contribution in [0, 0.1) is 0 Å². The number of rotatable bonds is 2. The summed E-state index contributed by atoms with van der Waals surface area (Å²) in [5.74, 6) is 0. The fraction of sp³-hybridized carbons (Fsp3) is 0.571. The molecule has 0 heterocycles. The second-order valence-electron chi connectivity index (χ2n) is 1.58. The molecule has 0 N–H and O–H groups in total. The standard InChI is InChI=1S/C7H13NS/c1-4-5-6-7(8-2)9-3/h5-6H,4H2,1-3H3/b6-5-,8-7?. The molecule has 0 aromatic carbocycles. The van der Waals surface area contributed by atoms with E-state index < -0.39 is 0 Å². The van der Waals surface area contributed by atoms with Crippen LogP contribution in [0.15, 0.2) is 17.1 Å². The van der Waals surface area contributed by atoms with Crippen LogP contribution >= 0.6 is 11.8 Å². The van der Waals surface area contributed by atoms with Crippen LogP contribution in [0.25, 0.3) is 0 Å². The number of thioether (sulfide) groups is 1. The van der Waals surface area contributed by atoms with E-state index in [9.17, 15) is 0 Å². The predicted molar refractivity (Wildman–Crippen MR) is 46.3 cm³/mol. The molecule has 0 amide bonds. The first kappa shape index (κ1) is 8.76. The Morgan fingerprint density at radius 2 is 2.33 bits per heavy atom. The van der Waals surface area contributed by atoms with Gasteiger partial charge in [0, 0.05) is 7.05 Å². The maximum Gasteiger partial charge on any atom is 0.0894 e. The minimum absolute atomic E-state index is 1.08. The third kappa shape index (κ3) is 4.28. The van der Waals surface area contributed by atoms with Crippen LogP contribution in [-0.4, -0.2) is 18.3 Å². The third-order valence-electron chi connectivity index (χ3n) is 0.926. The molecule has 0 aliphatic rings. The molecule has 0 aromatic heterocycles. The Morgan fingerprint density at radius 3 is 2.67 bits per heavy atom. The summed E-state index contributed by atoms with van der Waals surface area (Å²) < 4.78 is 0. The molecule has 2 heteroatoms. The molecule has 0 bridgehead atoms. The van der Waals surface area contributed by atoms with Gasteiger partial charge in [0.25, 0.3) is 0 Å². The molecule has 0 rings (SSSR count). The van der Waals surface area contributed by atoms with Crippen molar-refractivity contribution in [3.05, 3.63) is 12.2 Å². The van der Waals surface area contributed by atoms with E-state index in [1.165, 1.54) is 0 Å². The molecule has 0 atom stereocenters. The molecule has 0 fully saturated rings. The van der Waals surface area contributed by atoms with Gasteiger partial charge < -0.3 is 0 Å². The summed E-state index contributed by atoms with van der Waals surface area (Å²) in [7, 11) is 1.81. The first-order chi connectivity index (χ1) is 4.35. The average molecular weight is 143 g/mol. The smallest absolute Gasteiger partial charge is 0.0894 e. The predicted octanol–water partition coefficient (Wildman–Crippen LogP) is 2.34. The lowest BCUT2D eigenvalue weighted by Gasteiger charge is -1.89. The van der Waals surface area contributed by atoms with Gasteiger partial charge in [-0.25, -0.2) is 0 Å². The van der Waals surface area contributed by atoms with E-state index in [2.05, 4.69) is 18.0 Å². The van der Waals surface area contributed by atoms with Gasteiger partial charge in [-0.3, -0.25) is 4.99 Å². The molecule has 9 heavy (non-hydrogen) atoms. The summed E-state index contributed by atoms with van der Waals surface area (Å²) in [5, 5.41) is 1.09. The van der Waals surface area contributed by atoms with E-state index >= 15 is 0 Å². The molecule has 0 saturated heterocycles. The van der Waals surface area contributed by atoms with Crippen molar-refractivity contribution >= 4 is 16.8 Å². The Kier molecular flexibility index (Phi) is 5.73. The molecule has 0 spiro atoms. The van der Waals surface area contributed by atoms with Crippen LogP contribution in [0.2, 0.25) is 0 Å². The zero-order chi connectivity index (χ0) is 7.11. The van der Waals surface area contributed by atoms with Crippen molar-refractivity contribution in [3.63, 3.8) is 0 Å². The lowest BCUT2D eigenvalue weighted by Crippen LogP contribution is -1.81. The lowest BCUT2D eigenvalue weighted by atomic mass is 10.4. The van der Waals surface area contributed by atoms with Gasteiger partial charge in [-0.1, -0.05) is 13.0 Å². The minimum Gasteiger partial charge on any atom is -0.282 e. The maximum atomic E-state index is 4.04. The molecule has 0 aliphatic carbocycles. The molecule has 0 aromatic rings. The monoisotopic (exact) mass is 143 g/mol. The third-order valence-corrected chi connectivity index (χ3v) is 1.66. The van der Waals surface area contributed by atoms with Gasteiger partial charge in [0.15, 0.2) is 0 Å². The molecule has 0 aliphatic heterocycles. The molecule has 52 valence electrons. The van der Waals surface area contributed by atoms with Gasteiger partial charge in [-0.05, 0) is 18.8 Å². The highest BCUT2D eigenvalue weighted by Crippen LogP contribution is 1.98. The summed E-state index contributed by atoms with van der Waals surface area (Å²) in [6.07, 6.45) is 7.27. The summed E-state index contributed by atoms with van der Waals surface area (Å²) in [6, 6.07) is 0. The molecule has 0 radical (unpaired) electrons. The SMILES string of the molecule is CC/C=C\C(=NC)SC. The highest BCUT2D eigenvalue weighted by atomic mass is 32.2. The highest BCUT2D eigenvalue weighted by molar-refractivity contribution is 8.13. The number of hydrogen-bond acceptors (Lipinski definition) is 2. The van der Waals surface area contributed by atoms with Gasteiger partial charge in [-0.15, -0.1) is 11.8 Å². The second-order valence-corrected chi connectivity index (χ2v) is 2.40. The van der Waals surface area contributed by atoms with Crippen LogP contribution in [0.1, 0.15) is 13.3 Å². The van der Waals surface area contributed by atoms with Gasteiger partial charge in [0.1, 0.15) is 0 Å². The summed E-state index contributed by atoms with van der Waals surface area (Å²) >= 11 is 1.67. The van der Waals surface area contributed by atoms with Gasteiger partial charge in [0.2, 0.25) is 0 Å². The van der Waals surface area contributed by atoms with Crippen molar-refractivity contribution in [1.29, 1.82) is 0 Å². The van der Waals surface area contributed by atoms with Crippen LogP contribution in [0.4, 0.5) is 0 Å². The quantitative estimate of drug-likeness (QED) is 0.427. The summed E-state index contributed by atoms with van der Waals surface area (Å²) in [6.45, 7) is 2.12. The largest absolute Gasteiger partial charge is 0.282 e. The van der Waals surface area contributed by atoms with Crippen molar-refractivity contribution in [1.82, 2.24) is 0 Å². The first-order valence-electron chi connectivity index (χ1n) is 3.02. The van der Waals surface area contributed by atoms with Crippen molar-refractivity contribution < 1.29 is 0 Å². The van der Waals surface area contributed by atoms with Crippen molar-refractivity contribution in [3.8, 4) is 0 Å². The van der Waals surface area contributed by atoms with Gasteiger partial charge >= 0.3 is 0 Å². The number of aliphatic imine (C=N–C) groups is 1. The zero-order valence-electron chi connectivity index (χ0n) is 6.22. The average Bonchev–Trinajstić information content (AvgIpc) is 1.91. The zero-order valence-corrected chi connectivity index (χ0v) is 7.03. The number of allylic oxidation sites excluding steroid dienone is 1. The number of hydrogen-bond donors (Lipinski definition) is 0. The normalized spacial score (nSPS) is 13.0. The number of nitrogens with zero attached hydrogens (tertiary/aromatic N) is 1. The fourth-order valence-corrected chi connectivity index (χ4v) is 0.867. The topological polar surface area (TPSA) is 12.4 Å². The Labute approximate surface area is 61.3 Å². The lowest BCUT2D eigenvalue weighted by molar-refractivity contribution is 1.23. The van der Waals surface area contributed by atoms with Crippen molar-refractivity contribution in [2.75, 3.05) is 13.3 Å². The van der Waals surface area contributed by atoms with E-state index in [4.69, 9.17) is 0 Å². The van der Waals surface area contributed by atoms with Gasteiger partial charge in [-0.2, -0.15) is 0 Å². The summed E-state index contributed by atoms with van der Waals surface area (Å²) in [5.41, 5.74) is 0. The maximum absolute atomic E-state index is 4.04. The van der Waals surface area contributed by atoms with E-state index in [0.717, 1.165) is 11.5 Å². The van der Waals surface area contributed by atoms with Crippen LogP contribution in [-0.2, 0) is 0 Å². The highest BCUT2D eigenvalue weighted by Gasteiger charge is 1.83. The Morgan fingerprint density at radius 1 is 1.67 bits per heavy atom. The van der Waals surface area contributed by atoms with Crippen molar-refractivity contribution in [2.45, 2.75) is 13.3 Å². The van der Waals surface area contributed by atoms with Crippen LogP contribution in [0.5, 0.6) is 0 Å².